The van der Waals surface area contributed by atoms with Gasteiger partial charge in [0.05, 0.1) is 4.90 Å². The summed E-state index contributed by atoms with van der Waals surface area (Å²) in [6.45, 7) is 4.95. The highest BCUT2D eigenvalue weighted by Gasteiger charge is 2.26. The zero-order valence-electron chi connectivity index (χ0n) is 14.4. The largest absolute Gasteiger partial charge is 0.356 e. The minimum atomic E-state index is -3.41. The lowest BCUT2D eigenvalue weighted by molar-refractivity contribution is -0.121. The number of nitrogens with one attached hydrogen (secondary N) is 3. The summed E-state index contributed by atoms with van der Waals surface area (Å²) in [6.07, 6.45) is 3.17. The van der Waals surface area contributed by atoms with Gasteiger partial charge in [0.1, 0.15) is 0 Å². The lowest BCUT2D eigenvalue weighted by atomic mass is 9.81. The van der Waals surface area contributed by atoms with Gasteiger partial charge < -0.3 is 10.6 Å². The van der Waals surface area contributed by atoms with E-state index in [1.54, 1.807) is 24.3 Å². The topological polar surface area (TPSA) is 87.3 Å². The Morgan fingerprint density at radius 1 is 1.21 bits per heavy atom. The molecule has 7 heteroatoms. The quantitative estimate of drug-likeness (QED) is 0.683. The fourth-order valence-corrected chi connectivity index (χ4v) is 3.55. The van der Waals surface area contributed by atoms with Crippen molar-refractivity contribution in [2.45, 2.75) is 37.5 Å². The molecule has 0 atom stereocenters. The van der Waals surface area contributed by atoms with Crippen LogP contribution >= 0.6 is 0 Å². The Bertz CT molecular complexity index is 650. The molecule has 2 rings (SSSR count). The van der Waals surface area contributed by atoms with Crippen molar-refractivity contribution in [3.05, 3.63) is 29.8 Å². The van der Waals surface area contributed by atoms with Crippen molar-refractivity contribution in [1.29, 1.82) is 0 Å². The van der Waals surface area contributed by atoms with Gasteiger partial charge in [0.15, 0.2) is 0 Å². The normalized spacial score (nSPS) is 17.4. The van der Waals surface area contributed by atoms with Crippen LogP contribution in [0.4, 0.5) is 0 Å². The van der Waals surface area contributed by atoms with Crippen LogP contribution in [-0.4, -0.2) is 41.0 Å². The van der Waals surface area contributed by atoms with Gasteiger partial charge in [0, 0.05) is 13.0 Å². The fourth-order valence-electron chi connectivity index (χ4n) is 2.82. The van der Waals surface area contributed by atoms with Crippen LogP contribution in [-0.2, 0) is 21.2 Å². The molecule has 1 aromatic carbocycles. The number of sulfonamides is 1. The molecular weight excluding hydrogens is 326 g/mol. The molecule has 3 N–H and O–H groups in total. The van der Waals surface area contributed by atoms with Crippen molar-refractivity contribution in [1.82, 2.24) is 15.4 Å². The third-order valence-corrected chi connectivity index (χ3v) is 6.10. The fraction of sp³-hybridized carbons (Fsp3) is 0.588. The van der Waals surface area contributed by atoms with Gasteiger partial charge in [-0.2, -0.15) is 0 Å². The van der Waals surface area contributed by atoms with Gasteiger partial charge in [-0.25, -0.2) is 13.1 Å². The molecule has 0 aromatic heterocycles. The molecule has 0 spiro atoms. The van der Waals surface area contributed by atoms with Crippen LogP contribution in [0.1, 0.15) is 31.7 Å². The van der Waals surface area contributed by atoms with Crippen LogP contribution in [0, 0.1) is 5.41 Å². The van der Waals surface area contributed by atoms with Gasteiger partial charge in [-0.3, -0.25) is 4.79 Å². The summed E-state index contributed by atoms with van der Waals surface area (Å²) < 4.78 is 25.6. The molecule has 1 aliphatic rings. The molecule has 0 unspecified atom stereocenters. The predicted octanol–water partition coefficient (Wildman–Crippen LogP) is 1.03. The molecule has 0 bridgehead atoms. The van der Waals surface area contributed by atoms with E-state index >= 15 is 0 Å². The zero-order valence-corrected chi connectivity index (χ0v) is 15.2. The van der Waals surface area contributed by atoms with Gasteiger partial charge in [-0.15, -0.1) is 0 Å². The first-order valence-electron chi connectivity index (χ1n) is 8.35. The highest BCUT2D eigenvalue weighted by molar-refractivity contribution is 7.89. The molecule has 0 aliphatic carbocycles. The lowest BCUT2D eigenvalue weighted by Gasteiger charge is -2.34. The van der Waals surface area contributed by atoms with Crippen molar-refractivity contribution in [3.63, 3.8) is 0 Å². The van der Waals surface area contributed by atoms with E-state index in [2.05, 4.69) is 22.3 Å². The molecule has 1 heterocycles. The third-order valence-electron chi connectivity index (χ3n) is 4.67. The minimum Gasteiger partial charge on any atom is -0.356 e. The van der Waals surface area contributed by atoms with E-state index in [4.69, 9.17) is 0 Å². The molecule has 24 heavy (non-hydrogen) atoms. The monoisotopic (exact) mass is 353 g/mol. The first kappa shape index (κ1) is 18.9. The number of hydrogen-bond donors (Lipinski definition) is 3. The Morgan fingerprint density at radius 2 is 1.83 bits per heavy atom. The van der Waals surface area contributed by atoms with Crippen LogP contribution < -0.4 is 15.4 Å². The number of rotatable bonds is 7. The van der Waals surface area contributed by atoms with E-state index in [-0.39, 0.29) is 16.2 Å². The maximum absolute atomic E-state index is 12.0. The molecule has 6 nitrogen and oxygen atoms in total. The summed E-state index contributed by atoms with van der Waals surface area (Å²) in [7, 11) is -2.02. The molecule has 1 aromatic rings. The summed E-state index contributed by atoms with van der Waals surface area (Å²) in [4.78, 5) is 12.3. The summed E-state index contributed by atoms with van der Waals surface area (Å²) in [5.74, 6) is 0.0432. The third kappa shape index (κ3) is 5.29. The van der Waals surface area contributed by atoms with E-state index in [9.17, 15) is 13.2 Å². The maximum Gasteiger partial charge on any atom is 0.240 e. The Kier molecular flexibility index (Phi) is 6.37. The van der Waals surface area contributed by atoms with Gasteiger partial charge >= 0.3 is 0 Å². The molecular formula is C17H27N3O3S. The van der Waals surface area contributed by atoms with Gasteiger partial charge in [0.25, 0.3) is 0 Å². The minimum absolute atomic E-state index is 0.0432. The highest BCUT2D eigenvalue weighted by atomic mass is 32.2. The van der Waals surface area contributed by atoms with Crippen molar-refractivity contribution < 1.29 is 13.2 Å². The number of carbonyl (C=O) groups excluding carboxylic acids is 1. The number of benzene rings is 1. The second-order valence-corrected chi connectivity index (χ2v) is 8.58. The van der Waals surface area contributed by atoms with Crippen LogP contribution in [0.2, 0.25) is 0 Å². The van der Waals surface area contributed by atoms with Gasteiger partial charge in [-0.1, -0.05) is 19.1 Å². The number of piperidine rings is 1. The molecule has 0 saturated carbocycles. The van der Waals surface area contributed by atoms with Crippen molar-refractivity contribution in [2.75, 3.05) is 26.7 Å². The SMILES string of the molecule is CNS(=O)(=O)c1ccc(CCC(=O)NCC2(C)CCNCC2)cc1. The number of aryl methyl sites for hydroxylation is 1. The summed E-state index contributed by atoms with van der Waals surface area (Å²) >= 11 is 0. The van der Waals surface area contributed by atoms with Crippen LogP contribution in [0.3, 0.4) is 0 Å². The van der Waals surface area contributed by atoms with Gasteiger partial charge in [0.2, 0.25) is 15.9 Å². The molecule has 134 valence electrons. The average molecular weight is 353 g/mol. The standard InChI is InChI=1S/C17H27N3O3S/c1-17(9-11-19-12-10-17)13-20-16(21)8-5-14-3-6-15(7-4-14)24(22,23)18-2/h3-4,6-7,18-19H,5,8-13H2,1-2H3,(H,20,21). The Morgan fingerprint density at radius 3 is 2.42 bits per heavy atom. The summed E-state index contributed by atoms with van der Waals surface area (Å²) in [6, 6.07) is 6.64. The van der Waals surface area contributed by atoms with Gasteiger partial charge in [-0.05, 0) is 62.5 Å². The summed E-state index contributed by atoms with van der Waals surface area (Å²) in [5.41, 5.74) is 1.14. The molecule has 1 aliphatic heterocycles. The van der Waals surface area contributed by atoms with Crippen molar-refractivity contribution in [3.8, 4) is 0 Å². The first-order valence-corrected chi connectivity index (χ1v) is 9.83. The second kappa shape index (κ2) is 8.09. The number of hydrogen-bond acceptors (Lipinski definition) is 4. The Labute approximate surface area is 144 Å². The summed E-state index contributed by atoms with van der Waals surface area (Å²) in [5, 5.41) is 6.37. The lowest BCUT2D eigenvalue weighted by Crippen LogP contribution is -2.42. The van der Waals surface area contributed by atoms with Crippen LogP contribution in [0.25, 0.3) is 0 Å². The van der Waals surface area contributed by atoms with E-state index in [1.165, 1.54) is 7.05 Å². The highest BCUT2D eigenvalue weighted by Crippen LogP contribution is 2.26. The molecule has 0 radical (unpaired) electrons. The number of carbonyl (C=O) groups is 1. The van der Waals surface area contributed by atoms with Crippen molar-refractivity contribution >= 4 is 15.9 Å². The molecule has 1 saturated heterocycles. The first-order chi connectivity index (χ1) is 11.3. The Balaban J connectivity index is 1.79. The van der Waals surface area contributed by atoms with E-state index < -0.39 is 10.0 Å². The molecule has 1 fully saturated rings. The van der Waals surface area contributed by atoms with Crippen LogP contribution in [0.15, 0.2) is 29.2 Å². The van der Waals surface area contributed by atoms with E-state index in [1.807, 2.05) is 0 Å². The van der Waals surface area contributed by atoms with E-state index in [0.717, 1.165) is 31.5 Å². The van der Waals surface area contributed by atoms with Crippen molar-refractivity contribution in [2.24, 2.45) is 5.41 Å². The molecule has 1 amide bonds. The number of amides is 1. The van der Waals surface area contributed by atoms with E-state index in [0.29, 0.717) is 19.4 Å². The smallest absolute Gasteiger partial charge is 0.240 e. The predicted molar refractivity (Wildman–Crippen MR) is 94.2 cm³/mol. The Hall–Kier alpha value is -1.44. The zero-order chi connectivity index (χ0) is 17.6. The second-order valence-electron chi connectivity index (χ2n) is 6.69. The maximum atomic E-state index is 12.0. The van der Waals surface area contributed by atoms with Crippen LogP contribution in [0.5, 0.6) is 0 Å². The average Bonchev–Trinajstić information content (AvgIpc) is 2.59.